The van der Waals surface area contributed by atoms with E-state index in [2.05, 4.69) is 9.97 Å². The second kappa shape index (κ2) is 5.23. The fourth-order valence-corrected chi connectivity index (χ4v) is 2.90. The van der Waals surface area contributed by atoms with E-state index >= 15 is 0 Å². The predicted octanol–water partition coefficient (Wildman–Crippen LogP) is 2.69. The van der Waals surface area contributed by atoms with E-state index in [4.69, 9.17) is 27.2 Å². The minimum atomic E-state index is 0.179. The largest absolute Gasteiger partial charge is 0.383 e. The van der Waals surface area contributed by atoms with Gasteiger partial charge < -0.3 is 10.5 Å². The Balaban J connectivity index is 1.95. The Kier molecular flexibility index (Phi) is 3.20. The van der Waals surface area contributed by atoms with Crippen LogP contribution in [0.5, 0.6) is 0 Å². The number of anilines is 1. The van der Waals surface area contributed by atoms with Gasteiger partial charge in [0.1, 0.15) is 17.8 Å². The summed E-state index contributed by atoms with van der Waals surface area (Å²) in [4.78, 5) is 8.49. The van der Waals surface area contributed by atoms with Gasteiger partial charge in [0.2, 0.25) is 0 Å². The predicted molar refractivity (Wildman–Crippen MR) is 84.7 cm³/mol. The summed E-state index contributed by atoms with van der Waals surface area (Å²) in [6.45, 7) is 1.38. The molecule has 7 heteroatoms. The molecular formula is C15H14ClN5O. The number of hydrogen-bond acceptors (Lipinski definition) is 5. The highest BCUT2D eigenvalue weighted by molar-refractivity contribution is 6.30. The first-order valence-electron chi connectivity index (χ1n) is 7.06. The summed E-state index contributed by atoms with van der Waals surface area (Å²) < 4.78 is 7.38. The van der Waals surface area contributed by atoms with Gasteiger partial charge in [-0.1, -0.05) is 23.7 Å². The average molecular weight is 316 g/mol. The Morgan fingerprint density at radius 3 is 2.77 bits per heavy atom. The first-order chi connectivity index (χ1) is 10.7. The molecule has 3 heterocycles. The molecule has 0 unspecified atom stereocenters. The number of fused-ring (bicyclic) bond motifs is 1. The normalized spacial score (nSPS) is 18.1. The number of nitrogens with zero attached hydrogens (tertiary/aromatic N) is 4. The summed E-state index contributed by atoms with van der Waals surface area (Å²) in [5.74, 6) is 0.431. The van der Waals surface area contributed by atoms with E-state index in [-0.39, 0.29) is 6.04 Å². The molecule has 1 fully saturated rings. The molecule has 1 aromatic carbocycles. The number of nitrogen functional groups attached to an aromatic ring is 1. The van der Waals surface area contributed by atoms with Crippen LogP contribution in [-0.2, 0) is 4.74 Å². The summed E-state index contributed by atoms with van der Waals surface area (Å²) in [6, 6.07) is 7.69. The first-order valence-corrected chi connectivity index (χ1v) is 7.44. The second-order valence-electron chi connectivity index (χ2n) is 5.27. The minimum Gasteiger partial charge on any atom is -0.383 e. The van der Waals surface area contributed by atoms with Crippen molar-refractivity contribution in [2.45, 2.75) is 12.5 Å². The molecule has 112 valence electrons. The highest BCUT2D eigenvalue weighted by Gasteiger charge is 2.24. The molecule has 3 aromatic rings. The fourth-order valence-electron chi connectivity index (χ4n) is 2.77. The van der Waals surface area contributed by atoms with Gasteiger partial charge in [-0.25, -0.2) is 14.6 Å². The maximum Gasteiger partial charge on any atom is 0.164 e. The van der Waals surface area contributed by atoms with Crippen LogP contribution in [0.3, 0.4) is 0 Å². The summed E-state index contributed by atoms with van der Waals surface area (Å²) in [7, 11) is 0. The van der Waals surface area contributed by atoms with Gasteiger partial charge in [-0.15, -0.1) is 0 Å². The summed E-state index contributed by atoms with van der Waals surface area (Å²) >= 11 is 5.97. The maximum atomic E-state index is 6.07. The zero-order chi connectivity index (χ0) is 15.1. The van der Waals surface area contributed by atoms with Gasteiger partial charge in [-0.05, 0) is 18.6 Å². The molecule has 0 radical (unpaired) electrons. The van der Waals surface area contributed by atoms with Crippen molar-refractivity contribution in [1.29, 1.82) is 0 Å². The highest BCUT2D eigenvalue weighted by Crippen LogP contribution is 2.33. The number of ether oxygens (including phenoxy) is 1. The molecule has 2 N–H and O–H groups in total. The zero-order valence-electron chi connectivity index (χ0n) is 11.7. The van der Waals surface area contributed by atoms with E-state index in [1.165, 1.54) is 6.33 Å². The Morgan fingerprint density at radius 2 is 2.05 bits per heavy atom. The van der Waals surface area contributed by atoms with Gasteiger partial charge in [0.25, 0.3) is 0 Å². The van der Waals surface area contributed by atoms with Crippen LogP contribution in [0, 0.1) is 0 Å². The van der Waals surface area contributed by atoms with Crippen molar-refractivity contribution in [2.24, 2.45) is 0 Å². The Morgan fingerprint density at radius 1 is 1.23 bits per heavy atom. The molecule has 1 aliphatic heterocycles. The van der Waals surface area contributed by atoms with Crippen LogP contribution in [0.4, 0.5) is 5.82 Å². The number of halogens is 1. The second-order valence-corrected chi connectivity index (χ2v) is 5.71. The molecular weight excluding hydrogens is 302 g/mol. The molecule has 22 heavy (non-hydrogen) atoms. The smallest absolute Gasteiger partial charge is 0.164 e. The molecule has 4 rings (SSSR count). The SMILES string of the molecule is Nc1ncnc2c1c(-c1ccc(Cl)cc1)nn2[C@@H]1CCOC1. The van der Waals surface area contributed by atoms with Gasteiger partial charge in [-0.2, -0.15) is 5.10 Å². The van der Waals surface area contributed by atoms with E-state index in [0.29, 0.717) is 17.4 Å². The molecule has 2 aromatic heterocycles. The molecule has 0 spiro atoms. The van der Waals surface area contributed by atoms with Crippen molar-refractivity contribution in [3.8, 4) is 11.3 Å². The number of nitrogens with two attached hydrogens (primary N) is 1. The summed E-state index contributed by atoms with van der Waals surface area (Å²) in [5.41, 5.74) is 8.53. The lowest BCUT2D eigenvalue weighted by Gasteiger charge is -2.08. The summed E-state index contributed by atoms with van der Waals surface area (Å²) in [5, 5.41) is 6.20. The highest BCUT2D eigenvalue weighted by atomic mass is 35.5. The van der Waals surface area contributed by atoms with Crippen LogP contribution >= 0.6 is 11.6 Å². The standard InChI is InChI=1S/C15H14ClN5O/c16-10-3-1-9(2-4-10)13-12-14(17)18-8-19-15(12)21(20-13)11-5-6-22-7-11/h1-4,8,11H,5-7H2,(H2,17,18,19)/t11-/m1/s1. The maximum absolute atomic E-state index is 6.07. The van der Waals surface area contributed by atoms with Gasteiger partial charge >= 0.3 is 0 Å². The van der Waals surface area contributed by atoms with Gasteiger partial charge in [0.05, 0.1) is 18.0 Å². The van der Waals surface area contributed by atoms with Crippen LogP contribution in [0.1, 0.15) is 12.5 Å². The molecule has 1 aliphatic rings. The number of rotatable bonds is 2. The third-order valence-electron chi connectivity index (χ3n) is 3.89. The van der Waals surface area contributed by atoms with E-state index in [1.54, 1.807) is 0 Å². The molecule has 0 bridgehead atoms. The minimum absolute atomic E-state index is 0.179. The lowest BCUT2D eigenvalue weighted by atomic mass is 10.1. The zero-order valence-corrected chi connectivity index (χ0v) is 12.5. The number of benzene rings is 1. The molecule has 0 saturated carbocycles. The topological polar surface area (TPSA) is 78.9 Å². The van der Waals surface area contributed by atoms with Crippen molar-refractivity contribution < 1.29 is 4.74 Å². The third kappa shape index (κ3) is 2.12. The van der Waals surface area contributed by atoms with Gasteiger partial charge in [0, 0.05) is 17.2 Å². The van der Waals surface area contributed by atoms with Crippen molar-refractivity contribution in [3.63, 3.8) is 0 Å². The van der Waals surface area contributed by atoms with E-state index < -0.39 is 0 Å². The van der Waals surface area contributed by atoms with E-state index in [1.807, 2.05) is 28.9 Å². The molecule has 6 nitrogen and oxygen atoms in total. The molecule has 0 amide bonds. The number of aromatic nitrogens is 4. The quantitative estimate of drug-likeness (QED) is 0.786. The Hall–Kier alpha value is -2.18. The van der Waals surface area contributed by atoms with Crippen molar-refractivity contribution in [1.82, 2.24) is 19.7 Å². The first kappa shape index (κ1) is 13.5. The molecule has 1 atom stereocenters. The van der Waals surface area contributed by atoms with Crippen LogP contribution in [0.15, 0.2) is 30.6 Å². The van der Waals surface area contributed by atoms with E-state index in [9.17, 15) is 0 Å². The molecule has 1 saturated heterocycles. The monoisotopic (exact) mass is 315 g/mol. The van der Waals surface area contributed by atoms with Crippen molar-refractivity contribution in [3.05, 3.63) is 35.6 Å². The van der Waals surface area contributed by atoms with Gasteiger partial charge in [-0.3, -0.25) is 0 Å². The fraction of sp³-hybridized carbons (Fsp3) is 0.267. The number of hydrogen-bond donors (Lipinski definition) is 1. The van der Waals surface area contributed by atoms with Crippen molar-refractivity contribution >= 4 is 28.5 Å². The van der Waals surface area contributed by atoms with E-state index in [0.717, 1.165) is 35.3 Å². The van der Waals surface area contributed by atoms with Crippen LogP contribution in [-0.4, -0.2) is 33.0 Å². The lowest BCUT2D eigenvalue weighted by molar-refractivity contribution is 0.185. The van der Waals surface area contributed by atoms with Crippen molar-refractivity contribution in [2.75, 3.05) is 18.9 Å². The van der Waals surface area contributed by atoms with Crippen LogP contribution < -0.4 is 5.73 Å². The van der Waals surface area contributed by atoms with Crippen LogP contribution in [0.2, 0.25) is 5.02 Å². The lowest BCUT2D eigenvalue weighted by Crippen LogP contribution is -2.11. The summed E-state index contributed by atoms with van der Waals surface area (Å²) in [6.07, 6.45) is 2.39. The Bertz CT molecular complexity index is 824. The van der Waals surface area contributed by atoms with Gasteiger partial charge in [0.15, 0.2) is 5.65 Å². The molecule has 0 aliphatic carbocycles. The Labute approximate surface area is 131 Å². The average Bonchev–Trinajstić information content (AvgIpc) is 3.15. The third-order valence-corrected chi connectivity index (χ3v) is 4.14. The van der Waals surface area contributed by atoms with Crippen LogP contribution in [0.25, 0.3) is 22.3 Å².